The molecule has 1 aromatic rings. The van der Waals surface area contributed by atoms with Crippen molar-refractivity contribution in [1.82, 2.24) is 14.7 Å². The van der Waals surface area contributed by atoms with Crippen molar-refractivity contribution in [2.75, 3.05) is 13.1 Å². The molecule has 0 atom stereocenters. The van der Waals surface area contributed by atoms with Crippen LogP contribution in [-0.4, -0.2) is 45.8 Å². The van der Waals surface area contributed by atoms with Gasteiger partial charge >= 0.3 is 6.09 Å². The molecular formula is C12H17N3O3. The zero-order chi connectivity index (χ0) is 13.3. The molecule has 98 valence electrons. The average molecular weight is 251 g/mol. The number of hydrogen-bond acceptors (Lipinski definition) is 4. The van der Waals surface area contributed by atoms with E-state index in [0.29, 0.717) is 18.8 Å². The number of aldehydes is 1. The van der Waals surface area contributed by atoms with Crippen LogP contribution in [0.1, 0.15) is 37.3 Å². The summed E-state index contributed by atoms with van der Waals surface area (Å²) in [6, 6.07) is 1.72. The van der Waals surface area contributed by atoms with E-state index in [1.54, 1.807) is 21.8 Å². The van der Waals surface area contributed by atoms with Gasteiger partial charge in [-0.25, -0.2) is 4.79 Å². The molecule has 6 nitrogen and oxygen atoms in total. The maximum Gasteiger partial charge on any atom is 0.410 e. The van der Waals surface area contributed by atoms with E-state index in [0.717, 1.165) is 6.29 Å². The van der Waals surface area contributed by atoms with E-state index in [4.69, 9.17) is 4.74 Å². The van der Waals surface area contributed by atoms with E-state index in [-0.39, 0.29) is 12.1 Å². The number of carbonyl (C=O) groups is 2. The molecule has 0 radical (unpaired) electrons. The standard InChI is InChI=1S/C12H17N3O3/c1-12(2,3)18-11(17)14-6-10(7-14)15-9(8-16)4-5-13-15/h4-5,8,10H,6-7H2,1-3H3. The Morgan fingerprint density at radius 1 is 1.50 bits per heavy atom. The lowest BCUT2D eigenvalue weighted by atomic mass is 10.1. The third-order valence-electron chi connectivity index (χ3n) is 2.68. The molecule has 0 bridgehead atoms. The van der Waals surface area contributed by atoms with Crippen LogP contribution >= 0.6 is 0 Å². The van der Waals surface area contributed by atoms with Gasteiger partial charge in [0, 0.05) is 19.3 Å². The van der Waals surface area contributed by atoms with Crippen LogP contribution in [0.4, 0.5) is 4.79 Å². The number of rotatable bonds is 2. The lowest BCUT2D eigenvalue weighted by molar-refractivity contribution is -0.000545. The minimum Gasteiger partial charge on any atom is -0.444 e. The molecular weight excluding hydrogens is 234 g/mol. The summed E-state index contributed by atoms with van der Waals surface area (Å²) in [5.74, 6) is 0. The largest absolute Gasteiger partial charge is 0.444 e. The number of amides is 1. The SMILES string of the molecule is CC(C)(C)OC(=O)N1CC(n2nccc2C=O)C1. The molecule has 6 heteroatoms. The molecule has 1 aliphatic heterocycles. The number of ether oxygens (including phenoxy) is 1. The van der Waals surface area contributed by atoms with Crippen LogP contribution in [0, 0.1) is 0 Å². The predicted molar refractivity (Wildman–Crippen MR) is 64.5 cm³/mol. The lowest BCUT2D eigenvalue weighted by Crippen LogP contribution is -2.52. The monoisotopic (exact) mass is 251 g/mol. The van der Waals surface area contributed by atoms with E-state index in [1.165, 1.54) is 0 Å². The zero-order valence-electron chi connectivity index (χ0n) is 10.8. The van der Waals surface area contributed by atoms with Crippen molar-refractivity contribution in [3.63, 3.8) is 0 Å². The Morgan fingerprint density at radius 3 is 2.72 bits per heavy atom. The summed E-state index contributed by atoms with van der Waals surface area (Å²) >= 11 is 0. The Balaban J connectivity index is 1.91. The first-order valence-corrected chi connectivity index (χ1v) is 5.87. The number of nitrogens with zero attached hydrogens (tertiary/aromatic N) is 3. The number of hydrogen-bond donors (Lipinski definition) is 0. The predicted octanol–water partition coefficient (Wildman–Crippen LogP) is 1.49. The van der Waals surface area contributed by atoms with E-state index < -0.39 is 5.60 Å². The van der Waals surface area contributed by atoms with Gasteiger partial charge in [-0.1, -0.05) is 0 Å². The van der Waals surface area contributed by atoms with E-state index in [1.807, 2.05) is 20.8 Å². The highest BCUT2D eigenvalue weighted by Crippen LogP contribution is 2.23. The molecule has 2 heterocycles. The van der Waals surface area contributed by atoms with E-state index in [2.05, 4.69) is 5.10 Å². The van der Waals surface area contributed by atoms with Crippen LogP contribution in [-0.2, 0) is 4.74 Å². The fraction of sp³-hybridized carbons (Fsp3) is 0.583. The van der Waals surface area contributed by atoms with Gasteiger partial charge in [-0.2, -0.15) is 5.10 Å². The molecule has 2 rings (SSSR count). The van der Waals surface area contributed by atoms with Gasteiger partial charge in [0.15, 0.2) is 6.29 Å². The third-order valence-corrected chi connectivity index (χ3v) is 2.68. The highest BCUT2D eigenvalue weighted by atomic mass is 16.6. The molecule has 18 heavy (non-hydrogen) atoms. The summed E-state index contributed by atoms with van der Waals surface area (Å²) in [4.78, 5) is 24.1. The van der Waals surface area contributed by atoms with Crippen molar-refractivity contribution >= 4 is 12.4 Å². The molecule has 0 aromatic carbocycles. The summed E-state index contributed by atoms with van der Waals surface area (Å²) in [6.07, 6.45) is 2.03. The first kappa shape index (κ1) is 12.6. The highest BCUT2D eigenvalue weighted by molar-refractivity contribution is 5.72. The van der Waals surface area contributed by atoms with E-state index in [9.17, 15) is 9.59 Å². The van der Waals surface area contributed by atoms with Gasteiger partial charge in [-0.05, 0) is 26.8 Å². The second-order valence-corrected chi connectivity index (χ2v) is 5.36. The van der Waals surface area contributed by atoms with Crippen molar-refractivity contribution in [3.8, 4) is 0 Å². The van der Waals surface area contributed by atoms with Crippen LogP contribution < -0.4 is 0 Å². The first-order valence-electron chi connectivity index (χ1n) is 5.87. The first-order chi connectivity index (χ1) is 8.40. The summed E-state index contributed by atoms with van der Waals surface area (Å²) in [5.41, 5.74) is 0.0470. The molecule has 1 aromatic heterocycles. The van der Waals surface area contributed by atoms with Gasteiger partial charge in [0.2, 0.25) is 0 Å². The van der Waals surface area contributed by atoms with Crippen molar-refractivity contribution in [3.05, 3.63) is 18.0 Å². The van der Waals surface area contributed by atoms with Gasteiger partial charge in [0.05, 0.1) is 6.04 Å². The number of carbonyl (C=O) groups excluding carboxylic acids is 2. The Morgan fingerprint density at radius 2 is 2.17 bits per heavy atom. The fourth-order valence-electron chi connectivity index (χ4n) is 1.81. The number of aromatic nitrogens is 2. The van der Waals surface area contributed by atoms with Crippen molar-refractivity contribution in [2.24, 2.45) is 0 Å². The van der Waals surface area contributed by atoms with Crippen LogP contribution in [0.5, 0.6) is 0 Å². The Labute approximate surface area is 106 Å². The topological polar surface area (TPSA) is 64.4 Å². The zero-order valence-corrected chi connectivity index (χ0v) is 10.8. The molecule has 1 amide bonds. The van der Waals surface area contributed by atoms with Gasteiger partial charge in [-0.15, -0.1) is 0 Å². The molecule has 0 saturated carbocycles. The molecule has 0 aliphatic carbocycles. The van der Waals surface area contributed by atoms with E-state index >= 15 is 0 Å². The minimum atomic E-state index is -0.484. The lowest BCUT2D eigenvalue weighted by Gasteiger charge is -2.39. The van der Waals surface area contributed by atoms with Gasteiger partial charge in [-0.3, -0.25) is 9.48 Å². The molecule has 1 fully saturated rings. The van der Waals surface area contributed by atoms with Crippen LogP contribution in [0.25, 0.3) is 0 Å². The fourth-order valence-corrected chi connectivity index (χ4v) is 1.81. The Hall–Kier alpha value is -1.85. The summed E-state index contributed by atoms with van der Waals surface area (Å²) < 4.78 is 6.90. The van der Waals surface area contributed by atoms with Crippen LogP contribution in [0.2, 0.25) is 0 Å². The maximum absolute atomic E-state index is 11.7. The molecule has 0 spiro atoms. The Bertz CT molecular complexity index is 455. The highest BCUT2D eigenvalue weighted by Gasteiger charge is 2.35. The smallest absolute Gasteiger partial charge is 0.410 e. The molecule has 0 unspecified atom stereocenters. The molecule has 1 aliphatic rings. The van der Waals surface area contributed by atoms with Gasteiger partial charge < -0.3 is 9.64 Å². The van der Waals surface area contributed by atoms with Crippen molar-refractivity contribution in [1.29, 1.82) is 0 Å². The summed E-state index contributed by atoms with van der Waals surface area (Å²) in [5, 5.41) is 4.08. The quantitative estimate of drug-likeness (QED) is 0.747. The average Bonchev–Trinajstić information content (AvgIpc) is 2.60. The minimum absolute atomic E-state index is 0.0627. The van der Waals surface area contributed by atoms with Crippen molar-refractivity contribution < 1.29 is 14.3 Å². The number of likely N-dealkylation sites (tertiary alicyclic amines) is 1. The molecule has 1 saturated heterocycles. The third kappa shape index (κ3) is 2.52. The summed E-state index contributed by atoms with van der Waals surface area (Å²) in [7, 11) is 0. The normalized spacial score (nSPS) is 16.3. The molecule has 0 N–H and O–H groups in total. The maximum atomic E-state index is 11.7. The second kappa shape index (κ2) is 4.44. The van der Waals surface area contributed by atoms with Gasteiger partial charge in [0.25, 0.3) is 0 Å². The van der Waals surface area contributed by atoms with Crippen LogP contribution in [0.15, 0.2) is 12.3 Å². The second-order valence-electron chi connectivity index (χ2n) is 5.36. The Kier molecular flexibility index (Phi) is 3.11. The van der Waals surface area contributed by atoms with Crippen LogP contribution in [0.3, 0.4) is 0 Å². The van der Waals surface area contributed by atoms with Gasteiger partial charge in [0.1, 0.15) is 11.3 Å². The summed E-state index contributed by atoms with van der Waals surface area (Å²) in [6.45, 7) is 6.55. The van der Waals surface area contributed by atoms with Crippen molar-refractivity contribution in [2.45, 2.75) is 32.4 Å².